The van der Waals surface area contributed by atoms with E-state index in [4.69, 9.17) is 16.7 Å². The molecule has 8 heteroatoms. The fourth-order valence-electron chi connectivity index (χ4n) is 2.19. The normalized spacial score (nSPS) is 16.0. The Bertz CT molecular complexity index is 529. The third-order valence-electron chi connectivity index (χ3n) is 3.26. The first-order chi connectivity index (χ1) is 9.47. The second-order valence-corrected chi connectivity index (χ2v) is 4.97. The number of hydrogen-bond acceptors (Lipinski definition) is 5. The van der Waals surface area contributed by atoms with Gasteiger partial charge in [0, 0.05) is 26.1 Å². The minimum absolute atomic E-state index is 0.0597. The third-order valence-corrected chi connectivity index (χ3v) is 3.44. The second kappa shape index (κ2) is 6.04. The number of aromatic nitrogens is 2. The Morgan fingerprint density at radius 3 is 2.65 bits per heavy atom. The summed E-state index contributed by atoms with van der Waals surface area (Å²) in [6.07, 6.45) is 2.87. The molecule has 1 amide bonds. The van der Waals surface area contributed by atoms with Crippen LogP contribution in [0.1, 0.15) is 30.3 Å². The largest absolute Gasteiger partial charge is 0.476 e. The molecule has 108 valence electrons. The quantitative estimate of drug-likeness (QED) is 0.816. The van der Waals surface area contributed by atoms with Crippen LogP contribution in [-0.2, 0) is 4.79 Å². The zero-order valence-corrected chi connectivity index (χ0v) is 11.7. The molecule has 0 spiro atoms. The molecule has 1 aromatic rings. The Morgan fingerprint density at radius 1 is 1.45 bits per heavy atom. The maximum absolute atomic E-state index is 11.2. The SMILES string of the molecule is CC(=O)N1CCC(Nc2cnc(Cl)nc2C(=O)O)CC1. The van der Waals surface area contributed by atoms with Gasteiger partial charge in [0.15, 0.2) is 5.69 Å². The van der Waals surface area contributed by atoms with E-state index in [0.717, 1.165) is 12.8 Å². The fraction of sp³-hybridized carbons (Fsp3) is 0.500. The van der Waals surface area contributed by atoms with Gasteiger partial charge in [0.25, 0.3) is 0 Å². The van der Waals surface area contributed by atoms with E-state index in [1.807, 2.05) is 0 Å². The summed E-state index contributed by atoms with van der Waals surface area (Å²) in [4.78, 5) is 31.6. The number of aromatic carboxylic acids is 1. The fourth-order valence-corrected chi connectivity index (χ4v) is 2.32. The van der Waals surface area contributed by atoms with Crippen LogP contribution in [0.15, 0.2) is 6.20 Å². The summed E-state index contributed by atoms with van der Waals surface area (Å²) in [5, 5.41) is 12.1. The van der Waals surface area contributed by atoms with Crippen LogP contribution in [-0.4, -0.2) is 51.0 Å². The molecule has 1 aliphatic heterocycles. The predicted molar refractivity (Wildman–Crippen MR) is 72.9 cm³/mol. The highest BCUT2D eigenvalue weighted by atomic mass is 35.5. The van der Waals surface area contributed by atoms with Gasteiger partial charge in [0.05, 0.1) is 11.9 Å². The molecule has 1 fully saturated rings. The lowest BCUT2D eigenvalue weighted by molar-refractivity contribution is -0.129. The molecular weight excluding hydrogens is 284 g/mol. The summed E-state index contributed by atoms with van der Waals surface area (Å²) in [7, 11) is 0. The van der Waals surface area contributed by atoms with Crippen LogP contribution >= 0.6 is 11.6 Å². The standard InChI is InChI=1S/C12H15ClN4O3/c1-7(18)17-4-2-8(3-5-17)15-9-6-14-12(13)16-10(9)11(19)20/h6,8,15H,2-5H2,1H3,(H,19,20). The minimum Gasteiger partial charge on any atom is -0.476 e. The van der Waals surface area contributed by atoms with Crippen molar-refractivity contribution in [2.45, 2.75) is 25.8 Å². The van der Waals surface area contributed by atoms with E-state index in [9.17, 15) is 9.59 Å². The summed E-state index contributed by atoms with van der Waals surface area (Å²) in [5.74, 6) is -1.09. The number of carboxylic acid groups (broad SMARTS) is 1. The molecule has 0 aliphatic carbocycles. The minimum atomic E-state index is -1.15. The van der Waals surface area contributed by atoms with E-state index >= 15 is 0 Å². The number of carboxylic acids is 1. The van der Waals surface area contributed by atoms with Gasteiger partial charge in [-0.15, -0.1) is 0 Å². The highest BCUT2D eigenvalue weighted by Crippen LogP contribution is 2.19. The van der Waals surface area contributed by atoms with Gasteiger partial charge in [0.2, 0.25) is 11.2 Å². The molecule has 0 atom stereocenters. The van der Waals surface area contributed by atoms with Crippen molar-refractivity contribution in [1.29, 1.82) is 0 Å². The van der Waals surface area contributed by atoms with Crippen LogP contribution < -0.4 is 5.32 Å². The zero-order valence-electron chi connectivity index (χ0n) is 11.0. The number of amides is 1. The number of piperidine rings is 1. The van der Waals surface area contributed by atoms with Crippen LogP contribution in [0.5, 0.6) is 0 Å². The van der Waals surface area contributed by atoms with Crippen LogP contribution in [0.3, 0.4) is 0 Å². The van der Waals surface area contributed by atoms with Gasteiger partial charge in [-0.3, -0.25) is 4.79 Å². The van der Waals surface area contributed by atoms with Gasteiger partial charge in [-0.05, 0) is 24.4 Å². The van der Waals surface area contributed by atoms with Gasteiger partial charge >= 0.3 is 5.97 Å². The lowest BCUT2D eigenvalue weighted by atomic mass is 10.0. The molecule has 2 rings (SSSR count). The summed E-state index contributed by atoms with van der Waals surface area (Å²) >= 11 is 5.60. The van der Waals surface area contributed by atoms with Crippen molar-refractivity contribution in [1.82, 2.24) is 14.9 Å². The van der Waals surface area contributed by atoms with Gasteiger partial charge in [-0.25, -0.2) is 14.8 Å². The maximum atomic E-state index is 11.2. The predicted octanol–water partition coefficient (Wildman–Crippen LogP) is 1.25. The van der Waals surface area contributed by atoms with Crippen molar-refractivity contribution in [2.24, 2.45) is 0 Å². The number of carbonyl (C=O) groups excluding carboxylic acids is 1. The molecule has 1 saturated heterocycles. The third kappa shape index (κ3) is 3.36. The van der Waals surface area contributed by atoms with Crippen molar-refractivity contribution < 1.29 is 14.7 Å². The van der Waals surface area contributed by atoms with Gasteiger partial charge < -0.3 is 15.3 Å². The molecule has 0 unspecified atom stereocenters. The molecule has 0 bridgehead atoms. The second-order valence-electron chi connectivity index (χ2n) is 4.63. The number of rotatable bonds is 3. The average Bonchev–Trinajstić information content (AvgIpc) is 2.41. The topological polar surface area (TPSA) is 95.4 Å². The summed E-state index contributed by atoms with van der Waals surface area (Å²) in [5.41, 5.74) is 0.210. The number of carbonyl (C=O) groups is 2. The van der Waals surface area contributed by atoms with Crippen molar-refractivity contribution in [3.63, 3.8) is 0 Å². The number of hydrogen-bond donors (Lipinski definition) is 2. The Balaban J connectivity index is 2.04. The summed E-state index contributed by atoms with van der Waals surface area (Å²) in [6, 6.07) is 0.0912. The summed E-state index contributed by atoms with van der Waals surface area (Å²) in [6.45, 7) is 2.86. The van der Waals surface area contributed by atoms with Crippen LogP contribution in [0.25, 0.3) is 0 Å². The number of anilines is 1. The van der Waals surface area contributed by atoms with E-state index in [0.29, 0.717) is 18.8 Å². The van der Waals surface area contributed by atoms with E-state index in [2.05, 4.69) is 15.3 Å². The molecular formula is C12H15ClN4O3. The highest BCUT2D eigenvalue weighted by Gasteiger charge is 2.22. The highest BCUT2D eigenvalue weighted by molar-refractivity contribution is 6.28. The first-order valence-electron chi connectivity index (χ1n) is 6.25. The zero-order chi connectivity index (χ0) is 14.7. The Kier molecular flexibility index (Phi) is 4.39. The first-order valence-corrected chi connectivity index (χ1v) is 6.63. The Labute approximate surface area is 121 Å². The van der Waals surface area contributed by atoms with Crippen molar-refractivity contribution >= 4 is 29.2 Å². The summed E-state index contributed by atoms with van der Waals surface area (Å²) < 4.78 is 0. The number of nitrogens with zero attached hydrogens (tertiary/aromatic N) is 3. The van der Waals surface area contributed by atoms with Gasteiger partial charge in [-0.1, -0.05) is 0 Å². The van der Waals surface area contributed by atoms with Crippen molar-refractivity contribution in [3.05, 3.63) is 17.2 Å². The first kappa shape index (κ1) is 14.5. The smallest absolute Gasteiger partial charge is 0.356 e. The molecule has 0 saturated carbocycles. The monoisotopic (exact) mass is 298 g/mol. The molecule has 7 nitrogen and oxygen atoms in total. The molecule has 20 heavy (non-hydrogen) atoms. The number of nitrogens with one attached hydrogen (secondary N) is 1. The molecule has 0 radical (unpaired) electrons. The van der Waals surface area contributed by atoms with E-state index in [-0.39, 0.29) is 22.9 Å². The van der Waals surface area contributed by atoms with Crippen molar-refractivity contribution in [2.75, 3.05) is 18.4 Å². The van der Waals surface area contributed by atoms with E-state index in [1.54, 1.807) is 11.8 Å². The van der Waals surface area contributed by atoms with Gasteiger partial charge in [0.1, 0.15) is 0 Å². The van der Waals surface area contributed by atoms with E-state index < -0.39 is 5.97 Å². The Hall–Kier alpha value is -1.89. The molecule has 1 aromatic heterocycles. The van der Waals surface area contributed by atoms with E-state index in [1.165, 1.54) is 6.20 Å². The lowest BCUT2D eigenvalue weighted by Crippen LogP contribution is -2.41. The van der Waals surface area contributed by atoms with Crippen molar-refractivity contribution in [3.8, 4) is 0 Å². The average molecular weight is 299 g/mol. The maximum Gasteiger partial charge on any atom is 0.356 e. The molecule has 0 aromatic carbocycles. The number of halogens is 1. The number of likely N-dealkylation sites (tertiary alicyclic amines) is 1. The van der Waals surface area contributed by atoms with Crippen LogP contribution in [0.2, 0.25) is 5.28 Å². The lowest BCUT2D eigenvalue weighted by Gasteiger charge is -2.32. The molecule has 2 N–H and O–H groups in total. The van der Waals surface area contributed by atoms with Gasteiger partial charge in [-0.2, -0.15) is 0 Å². The van der Waals surface area contributed by atoms with Crippen LogP contribution in [0, 0.1) is 0 Å². The molecule has 1 aliphatic rings. The Morgan fingerprint density at radius 2 is 2.10 bits per heavy atom. The molecule has 2 heterocycles. The van der Waals surface area contributed by atoms with Crippen LogP contribution in [0.4, 0.5) is 5.69 Å².